The molecular weight excluding hydrogens is 474 g/mol. The van der Waals surface area contributed by atoms with Gasteiger partial charge in [-0.15, -0.1) is 0 Å². The summed E-state index contributed by atoms with van der Waals surface area (Å²) in [6.45, 7) is 2.91. The summed E-state index contributed by atoms with van der Waals surface area (Å²) in [7, 11) is -3.71. The number of nitrogens with one attached hydrogen (secondary N) is 1. The minimum atomic E-state index is -3.71. The van der Waals surface area contributed by atoms with Crippen molar-refractivity contribution >= 4 is 43.6 Å². The molecule has 10 heteroatoms. The van der Waals surface area contributed by atoms with Gasteiger partial charge >= 0.3 is 6.09 Å². The van der Waals surface area contributed by atoms with E-state index in [1.54, 1.807) is 25.1 Å². The molecule has 1 heterocycles. The minimum absolute atomic E-state index is 0.103. The smallest absolute Gasteiger partial charge is 0.409 e. The molecule has 0 spiro atoms. The number of anilines is 1. The molecule has 1 aliphatic heterocycles. The van der Waals surface area contributed by atoms with Gasteiger partial charge < -0.3 is 15.0 Å². The Morgan fingerprint density at radius 1 is 1.07 bits per heavy atom. The first-order chi connectivity index (χ1) is 14.3. The maximum Gasteiger partial charge on any atom is 0.409 e. The summed E-state index contributed by atoms with van der Waals surface area (Å²) >= 11 is 3.35. The molecule has 0 radical (unpaired) electrons. The number of halogens is 1. The zero-order valence-corrected chi connectivity index (χ0v) is 18.8. The Labute approximate surface area is 184 Å². The minimum Gasteiger partial charge on any atom is -0.450 e. The number of carbonyl (C=O) groups excluding carboxylic acids is 2. The van der Waals surface area contributed by atoms with Gasteiger partial charge in [0.25, 0.3) is 5.91 Å². The quantitative estimate of drug-likeness (QED) is 0.686. The standard InChI is InChI=1S/C20H22BrN3O5S/c1-2-29-20(26)23-10-12-24(13-11-23)30(27,28)18-8-6-15(7-9-18)19(25)22-17-5-3-4-16(21)14-17/h3-9,14H,2,10-13H2,1H3,(H,22,25). The average molecular weight is 496 g/mol. The number of benzene rings is 2. The zero-order valence-electron chi connectivity index (χ0n) is 16.4. The van der Waals surface area contributed by atoms with Crippen LogP contribution < -0.4 is 5.32 Å². The van der Waals surface area contributed by atoms with Gasteiger partial charge in [-0.05, 0) is 49.4 Å². The van der Waals surface area contributed by atoms with Crippen molar-refractivity contribution in [2.45, 2.75) is 11.8 Å². The van der Waals surface area contributed by atoms with E-state index in [0.717, 1.165) is 4.47 Å². The summed E-state index contributed by atoms with van der Waals surface area (Å²) in [5.74, 6) is -0.333. The summed E-state index contributed by atoms with van der Waals surface area (Å²) in [5, 5.41) is 2.77. The van der Waals surface area contributed by atoms with Gasteiger partial charge in [-0.1, -0.05) is 22.0 Å². The first kappa shape index (κ1) is 22.3. The number of nitrogens with zero attached hydrogens (tertiary/aromatic N) is 2. The van der Waals surface area contributed by atoms with Crippen molar-refractivity contribution in [1.82, 2.24) is 9.21 Å². The van der Waals surface area contributed by atoms with Crippen LogP contribution in [0, 0.1) is 0 Å². The van der Waals surface area contributed by atoms with E-state index in [4.69, 9.17) is 4.74 Å². The van der Waals surface area contributed by atoms with Crippen LogP contribution in [0.2, 0.25) is 0 Å². The highest BCUT2D eigenvalue weighted by atomic mass is 79.9. The van der Waals surface area contributed by atoms with Gasteiger partial charge in [0.1, 0.15) is 0 Å². The van der Waals surface area contributed by atoms with E-state index in [1.165, 1.54) is 33.5 Å². The molecule has 2 aromatic carbocycles. The highest BCUT2D eigenvalue weighted by Gasteiger charge is 2.30. The van der Waals surface area contributed by atoms with Crippen molar-refractivity contribution in [2.75, 3.05) is 38.1 Å². The lowest BCUT2D eigenvalue weighted by Gasteiger charge is -2.33. The van der Waals surface area contributed by atoms with Crippen molar-refractivity contribution in [1.29, 1.82) is 0 Å². The monoisotopic (exact) mass is 495 g/mol. The van der Waals surface area contributed by atoms with Crippen molar-refractivity contribution in [3.05, 3.63) is 58.6 Å². The van der Waals surface area contributed by atoms with E-state index in [1.807, 2.05) is 6.07 Å². The summed E-state index contributed by atoms with van der Waals surface area (Å²) < 4.78 is 32.9. The maximum atomic E-state index is 12.9. The predicted octanol–water partition coefficient (Wildman–Crippen LogP) is 3.16. The van der Waals surface area contributed by atoms with Gasteiger partial charge in [0.15, 0.2) is 0 Å². The first-order valence-corrected chi connectivity index (χ1v) is 11.6. The van der Waals surface area contributed by atoms with Gasteiger partial charge in [0, 0.05) is 41.9 Å². The second kappa shape index (κ2) is 9.59. The van der Waals surface area contributed by atoms with Crippen LogP contribution in [0.3, 0.4) is 0 Å². The molecule has 3 rings (SSSR count). The Balaban J connectivity index is 1.65. The second-order valence-corrected chi connectivity index (χ2v) is 9.43. The fourth-order valence-electron chi connectivity index (χ4n) is 3.02. The second-order valence-electron chi connectivity index (χ2n) is 6.58. The van der Waals surface area contributed by atoms with E-state index in [0.29, 0.717) is 11.3 Å². The van der Waals surface area contributed by atoms with Crippen LogP contribution in [-0.4, -0.2) is 62.4 Å². The third-order valence-electron chi connectivity index (χ3n) is 4.60. The number of hydrogen-bond acceptors (Lipinski definition) is 5. The SMILES string of the molecule is CCOC(=O)N1CCN(S(=O)(=O)c2ccc(C(=O)Nc3cccc(Br)c3)cc2)CC1. The molecule has 2 aromatic rings. The first-order valence-electron chi connectivity index (χ1n) is 9.40. The number of piperazine rings is 1. The van der Waals surface area contributed by atoms with Crippen molar-refractivity contribution in [2.24, 2.45) is 0 Å². The Kier molecular flexibility index (Phi) is 7.11. The molecule has 160 valence electrons. The lowest BCUT2D eigenvalue weighted by molar-refractivity contribution is 0.0933. The summed E-state index contributed by atoms with van der Waals surface area (Å²) in [4.78, 5) is 25.8. The van der Waals surface area contributed by atoms with Gasteiger partial charge in [-0.3, -0.25) is 4.79 Å². The Hall–Kier alpha value is -2.43. The number of carbonyl (C=O) groups is 2. The van der Waals surface area contributed by atoms with Crippen LogP contribution in [0.5, 0.6) is 0 Å². The summed E-state index contributed by atoms with van der Waals surface area (Å²) in [6.07, 6.45) is -0.435. The molecule has 0 unspecified atom stereocenters. The van der Waals surface area contributed by atoms with E-state index in [-0.39, 0.29) is 43.6 Å². The zero-order chi connectivity index (χ0) is 21.7. The fourth-order valence-corrected chi connectivity index (χ4v) is 4.84. The van der Waals surface area contributed by atoms with Gasteiger partial charge in [-0.25, -0.2) is 13.2 Å². The molecule has 30 heavy (non-hydrogen) atoms. The highest BCUT2D eigenvalue weighted by molar-refractivity contribution is 9.10. The van der Waals surface area contributed by atoms with Crippen LogP contribution in [0.4, 0.5) is 10.5 Å². The summed E-state index contributed by atoms with van der Waals surface area (Å²) in [5.41, 5.74) is 0.978. The third kappa shape index (κ3) is 5.18. The molecule has 0 saturated carbocycles. The van der Waals surface area contributed by atoms with Crippen molar-refractivity contribution in [3.8, 4) is 0 Å². The van der Waals surface area contributed by atoms with Crippen LogP contribution in [-0.2, 0) is 14.8 Å². The molecule has 0 atom stereocenters. The number of sulfonamides is 1. The lowest BCUT2D eigenvalue weighted by Crippen LogP contribution is -2.50. The lowest BCUT2D eigenvalue weighted by atomic mass is 10.2. The molecule has 1 saturated heterocycles. The molecule has 1 aliphatic rings. The molecule has 8 nitrogen and oxygen atoms in total. The molecular formula is C20H22BrN3O5S. The molecule has 0 aliphatic carbocycles. The highest BCUT2D eigenvalue weighted by Crippen LogP contribution is 2.20. The summed E-state index contributed by atoms with van der Waals surface area (Å²) in [6, 6.07) is 13.0. The van der Waals surface area contributed by atoms with E-state index in [2.05, 4.69) is 21.2 Å². The number of rotatable bonds is 5. The van der Waals surface area contributed by atoms with E-state index >= 15 is 0 Å². The van der Waals surface area contributed by atoms with Crippen molar-refractivity contribution in [3.63, 3.8) is 0 Å². The molecule has 2 amide bonds. The van der Waals surface area contributed by atoms with Gasteiger partial charge in [0.05, 0.1) is 11.5 Å². The Morgan fingerprint density at radius 3 is 2.33 bits per heavy atom. The topological polar surface area (TPSA) is 96.0 Å². The van der Waals surface area contributed by atoms with E-state index in [9.17, 15) is 18.0 Å². The fraction of sp³-hybridized carbons (Fsp3) is 0.300. The average Bonchev–Trinajstić information content (AvgIpc) is 2.74. The van der Waals surface area contributed by atoms with Crippen LogP contribution in [0.1, 0.15) is 17.3 Å². The number of ether oxygens (including phenoxy) is 1. The number of amides is 2. The normalized spacial score (nSPS) is 14.9. The van der Waals surface area contributed by atoms with Crippen LogP contribution >= 0.6 is 15.9 Å². The van der Waals surface area contributed by atoms with Gasteiger partial charge in [-0.2, -0.15) is 4.31 Å². The van der Waals surface area contributed by atoms with Crippen LogP contribution in [0.15, 0.2) is 57.9 Å². The van der Waals surface area contributed by atoms with Crippen molar-refractivity contribution < 1.29 is 22.7 Å². The molecule has 1 N–H and O–H groups in total. The Morgan fingerprint density at radius 2 is 1.73 bits per heavy atom. The molecule has 0 bridgehead atoms. The Bertz CT molecular complexity index is 1020. The van der Waals surface area contributed by atoms with E-state index < -0.39 is 16.1 Å². The maximum absolute atomic E-state index is 12.9. The molecule has 1 fully saturated rings. The van der Waals surface area contributed by atoms with Crippen LogP contribution in [0.25, 0.3) is 0 Å². The van der Waals surface area contributed by atoms with Gasteiger partial charge in [0.2, 0.25) is 10.0 Å². The largest absolute Gasteiger partial charge is 0.450 e. The third-order valence-corrected chi connectivity index (χ3v) is 7.01. The molecule has 0 aromatic heterocycles. The number of hydrogen-bond donors (Lipinski definition) is 1. The predicted molar refractivity (Wildman–Crippen MR) is 116 cm³/mol.